The van der Waals surface area contributed by atoms with Crippen molar-refractivity contribution in [3.8, 4) is 0 Å². The lowest BCUT2D eigenvalue weighted by atomic mass is 10.1. The van der Waals surface area contributed by atoms with E-state index in [1.54, 1.807) is 0 Å². The minimum absolute atomic E-state index is 0.0740. The van der Waals surface area contributed by atoms with Gasteiger partial charge in [0.25, 0.3) is 0 Å². The Labute approximate surface area is 115 Å². The molecule has 0 unspecified atom stereocenters. The highest BCUT2D eigenvalue weighted by Crippen LogP contribution is 2.29. The summed E-state index contributed by atoms with van der Waals surface area (Å²) in [6, 6.07) is 0.408. The van der Waals surface area contributed by atoms with E-state index in [0.29, 0.717) is 19.0 Å². The maximum atomic E-state index is 12.0. The number of hydrogen-bond acceptors (Lipinski definition) is 2. The average Bonchev–Trinajstić information content (AvgIpc) is 3.03. The third kappa shape index (κ3) is 3.71. The fourth-order valence-electron chi connectivity index (χ4n) is 3.21. The number of nitrogens with one attached hydrogen (secondary N) is 1. The fraction of sp³-hybridized carbons (Fsp3) is 0.867. The van der Waals surface area contributed by atoms with Gasteiger partial charge in [0.15, 0.2) is 0 Å². The normalized spacial score (nSPS) is 24.2. The highest BCUT2D eigenvalue weighted by Gasteiger charge is 2.38. The third-order valence-electron chi connectivity index (χ3n) is 4.37. The summed E-state index contributed by atoms with van der Waals surface area (Å²) in [5.74, 6) is 0.139. The molecule has 19 heavy (non-hydrogen) atoms. The molecule has 2 amide bonds. The molecule has 2 rings (SSSR count). The number of amides is 2. The molecular weight excluding hydrogens is 240 g/mol. The maximum absolute atomic E-state index is 12.0. The number of likely N-dealkylation sites (tertiary alicyclic amines) is 1. The van der Waals surface area contributed by atoms with Crippen molar-refractivity contribution in [1.29, 1.82) is 0 Å². The van der Waals surface area contributed by atoms with Crippen LogP contribution in [0.15, 0.2) is 0 Å². The number of hydrogen-bond donors (Lipinski definition) is 1. The van der Waals surface area contributed by atoms with Gasteiger partial charge < -0.3 is 10.2 Å². The van der Waals surface area contributed by atoms with Crippen molar-refractivity contribution in [3.63, 3.8) is 0 Å². The number of rotatable bonds is 6. The molecule has 1 aliphatic carbocycles. The number of nitrogens with zero attached hydrogens (tertiary/aromatic N) is 1. The van der Waals surface area contributed by atoms with E-state index in [2.05, 4.69) is 12.2 Å². The van der Waals surface area contributed by atoms with Gasteiger partial charge in [-0.25, -0.2) is 0 Å². The summed E-state index contributed by atoms with van der Waals surface area (Å²) in [6.07, 6.45) is 8.45. The molecule has 1 saturated carbocycles. The SMILES string of the molecule is CCCCCNC(=O)[C@@H]1CC(=O)N(C2CCCC2)C1. The maximum Gasteiger partial charge on any atom is 0.225 e. The first-order valence-corrected chi connectivity index (χ1v) is 7.79. The molecular formula is C15H26N2O2. The molecule has 0 spiro atoms. The van der Waals surface area contributed by atoms with Gasteiger partial charge >= 0.3 is 0 Å². The average molecular weight is 266 g/mol. The second-order valence-corrected chi connectivity index (χ2v) is 5.88. The summed E-state index contributed by atoms with van der Waals surface area (Å²) in [5, 5.41) is 2.97. The Kier molecular flexibility index (Phi) is 5.23. The topological polar surface area (TPSA) is 49.4 Å². The smallest absolute Gasteiger partial charge is 0.225 e. The van der Waals surface area contributed by atoms with Gasteiger partial charge in [-0.1, -0.05) is 32.6 Å². The van der Waals surface area contributed by atoms with Gasteiger partial charge in [0.2, 0.25) is 11.8 Å². The zero-order valence-corrected chi connectivity index (χ0v) is 12.0. The minimum Gasteiger partial charge on any atom is -0.356 e. The van der Waals surface area contributed by atoms with Crippen LogP contribution < -0.4 is 5.32 Å². The largest absolute Gasteiger partial charge is 0.356 e. The van der Waals surface area contributed by atoms with Crippen molar-refractivity contribution in [2.24, 2.45) is 5.92 Å². The monoisotopic (exact) mass is 266 g/mol. The predicted octanol–water partition coefficient (Wildman–Crippen LogP) is 2.08. The van der Waals surface area contributed by atoms with E-state index >= 15 is 0 Å². The second kappa shape index (κ2) is 6.92. The highest BCUT2D eigenvalue weighted by molar-refractivity contribution is 5.89. The van der Waals surface area contributed by atoms with Gasteiger partial charge in [0.1, 0.15) is 0 Å². The van der Waals surface area contributed by atoms with E-state index in [0.717, 1.165) is 38.6 Å². The van der Waals surface area contributed by atoms with E-state index in [1.807, 2.05) is 4.90 Å². The molecule has 0 radical (unpaired) electrons. The molecule has 4 heteroatoms. The lowest BCUT2D eigenvalue weighted by Crippen LogP contribution is -2.37. The van der Waals surface area contributed by atoms with Gasteiger partial charge in [0, 0.05) is 25.6 Å². The van der Waals surface area contributed by atoms with Crippen molar-refractivity contribution >= 4 is 11.8 Å². The predicted molar refractivity (Wildman–Crippen MR) is 74.6 cm³/mol. The van der Waals surface area contributed by atoms with E-state index in [4.69, 9.17) is 0 Å². The molecule has 1 saturated heterocycles. The van der Waals surface area contributed by atoms with Crippen molar-refractivity contribution in [2.75, 3.05) is 13.1 Å². The minimum atomic E-state index is -0.116. The first kappa shape index (κ1) is 14.4. The Bertz CT molecular complexity index is 324. The van der Waals surface area contributed by atoms with Gasteiger partial charge in [-0.2, -0.15) is 0 Å². The van der Waals surface area contributed by atoms with Gasteiger partial charge in [-0.05, 0) is 19.3 Å². The molecule has 2 aliphatic rings. The Morgan fingerprint density at radius 2 is 2.05 bits per heavy atom. The molecule has 1 atom stereocenters. The summed E-state index contributed by atoms with van der Waals surface area (Å²) in [4.78, 5) is 26.0. The summed E-state index contributed by atoms with van der Waals surface area (Å²) in [6.45, 7) is 3.54. The molecule has 108 valence electrons. The third-order valence-corrected chi connectivity index (χ3v) is 4.37. The van der Waals surface area contributed by atoms with Crippen LogP contribution in [0.3, 0.4) is 0 Å². The van der Waals surface area contributed by atoms with E-state index in [9.17, 15) is 9.59 Å². The van der Waals surface area contributed by atoms with E-state index < -0.39 is 0 Å². The Balaban J connectivity index is 1.76. The van der Waals surface area contributed by atoms with Crippen LogP contribution in [0.4, 0.5) is 0 Å². The molecule has 0 aromatic carbocycles. The first-order chi connectivity index (χ1) is 9.22. The second-order valence-electron chi connectivity index (χ2n) is 5.88. The van der Waals surface area contributed by atoms with Crippen molar-refractivity contribution in [3.05, 3.63) is 0 Å². The van der Waals surface area contributed by atoms with Crippen molar-refractivity contribution in [2.45, 2.75) is 64.3 Å². The highest BCUT2D eigenvalue weighted by atomic mass is 16.2. The molecule has 0 aromatic rings. The van der Waals surface area contributed by atoms with Crippen LogP contribution in [0.1, 0.15) is 58.3 Å². The molecule has 2 fully saturated rings. The molecule has 1 aliphatic heterocycles. The molecule has 4 nitrogen and oxygen atoms in total. The lowest BCUT2D eigenvalue weighted by Gasteiger charge is -2.23. The first-order valence-electron chi connectivity index (χ1n) is 7.79. The zero-order valence-electron chi connectivity index (χ0n) is 12.0. The Morgan fingerprint density at radius 1 is 1.32 bits per heavy atom. The van der Waals surface area contributed by atoms with Crippen LogP contribution in [0.5, 0.6) is 0 Å². The number of carbonyl (C=O) groups is 2. The number of carbonyl (C=O) groups excluding carboxylic acids is 2. The summed E-state index contributed by atoms with van der Waals surface area (Å²) < 4.78 is 0. The molecule has 1 N–H and O–H groups in total. The standard InChI is InChI=1S/C15H26N2O2/c1-2-3-6-9-16-15(19)12-10-14(18)17(11-12)13-7-4-5-8-13/h12-13H,2-11H2,1H3,(H,16,19)/t12-/m1/s1. The van der Waals surface area contributed by atoms with E-state index in [-0.39, 0.29) is 17.7 Å². The van der Waals surface area contributed by atoms with Crippen LogP contribution in [0.25, 0.3) is 0 Å². The molecule has 0 aromatic heterocycles. The summed E-state index contributed by atoms with van der Waals surface area (Å²) in [7, 11) is 0. The van der Waals surface area contributed by atoms with Crippen molar-refractivity contribution < 1.29 is 9.59 Å². The quantitative estimate of drug-likeness (QED) is 0.748. The summed E-state index contributed by atoms with van der Waals surface area (Å²) in [5.41, 5.74) is 0. The van der Waals surface area contributed by atoms with Crippen molar-refractivity contribution in [1.82, 2.24) is 10.2 Å². The Morgan fingerprint density at radius 3 is 2.74 bits per heavy atom. The van der Waals surface area contributed by atoms with Crippen LogP contribution in [0.2, 0.25) is 0 Å². The molecule has 1 heterocycles. The van der Waals surface area contributed by atoms with Crippen LogP contribution in [0, 0.1) is 5.92 Å². The van der Waals surface area contributed by atoms with Crippen LogP contribution in [-0.4, -0.2) is 35.8 Å². The Hall–Kier alpha value is -1.06. The van der Waals surface area contributed by atoms with Gasteiger partial charge in [-0.15, -0.1) is 0 Å². The molecule has 0 bridgehead atoms. The lowest BCUT2D eigenvalue weighted by molar-refractivity contribution is -0.130. The van der Waals surface area contributed by atoms with Crippen LogP contribution in [-0.2, 0) is 9.59 Å². The summed E-state index contributed by atoms with van der Waals surface area (Å²) >= 11 is 0. The van der Waals surface area contributed by atoms with Gasteiger partial charge in [0.05, 0.1) is 5.92 Å². The number of unbranched alkanes of at least 4 members (excludes halogenated alkanes) is 2. The van der Waals surface area contributed by atoms with Gasteiger partial charge in [-0.3, -0.25) is 9.59 Å². The fourth-order valence-corrected chi connectivity index (χ4v) is 3.21. The van der Waals surface area contributed by atoms with E-state index in [1.165, 1.54) is 12.8 Å². The zero-order chi connectivity index (χ0) is 13.7. The van der Waals surface area contributed by atoms with Crippen LogP contribution >= 0.6 is 0 Å².